The lowest BCUT2D eigenvalue weighted by molar-refractivity contribution is -0.672. The fourth-order valence-electron chi connectivity index (χ4n) is 2.67. The molecule has 0 saturated heterocycles. The van der Waals surface area contributed by atoms with Gasteiger partial charge in [-0.2, -0.15) is 4.40 Å². The van der Waals surface area contributed by atoms with Gasteiger partial charge >= 0.3 is 5.56 Å². The summed E-state index contributed by atoms with van der Waals surface area (Å²) in [4.78, 5) is 17.9. The topological polar surface area (TPSA) is 47.0 Å². The van der Waals surface area contributed by atoms with Crippen molar-refractivity contribution in [2.45, 2.75) is 13.0 Å². The molecule has 0 aliphatic rings. The highest BCUT2D eigenvalue weighted by atomic mass is 35.5. The van der Waals surface area contributed by atoms with Crippen LogP contribution in [0.15, 0.2) is 82.5 Å². The van der Waals surface area contributed by atoms with Gasteiger partial charge in [-0.25, -0.2) is 9.36 Å². The van der Waals surface area contributed by atoms with E-state index in [1.165, 1.54) is 5.54 Å². The first-order chi connectivity index (χ1) is 12.8. The summed E-state index contributed by atoms with van der Waals surface area (Å²) in [5.41, 5.74) is 3.75. The molecule has 0 amide bonds. The van der Waals surface area contributed by atoms with E-state index >= 15 is 0 Å². The molecular formula is C20H19ClN3O2+. The molecule has 26 heavy (non-hydrogen) atoms. The smallest absolute Gasteiger partial charge is 0.350 e. The minimum absolute atomic E-state index is 0.0343. The Kier molecular flexibility index (Phi) is 6.17. The molecule has 0 atom stereocenters. The maximum absolute atomic E-state index is 12.8. The van der Waals surface area contributed by atoms with E-state index in [2.05, 4.69) is 9.72 Å². The van der Waals surface area contributed by atoms with Gasteiger partial charge in [0.15, 0.2) is 0 Å². The van der Waals surface area contributed by atoms with Crippen molar-refractivity contribution < 1.29 is 9.40 Å². The number of oxime groups is 1. The molecule has 0 fully saturated rings. The summed E-state index contributed by atoms with van der Waals surface area (Å²) in [6.45, 7) is 1.01. The van der Waals surface area contributed by atoms with Gasteiger partial charge in [0.1, 0.15) is 18.4 Å². The number of halogens is 1. The summed E-state index contributed by atoms with van der Waals surface area (Å²) in [7, 11) is 0. The summed E-state index contributed by atoms with van der Waals surface area (Å²) in [5.74, 6) is 0. The van der Waals surface area contributed by atoms with E-state index in [0.717, 1.165) is 11.2 Å². The van der Waals surface area contributed by atoms with Crippen LogP contribution >= 0.6 is 11.6 Å². The van der Waals surface area contributed by atoms with E-state index in [4.69, 9.17) is 16.4 Å². The van der Waals surface area contributed by atoms with Crippen molar-refractivity contribution in [2.75, 3.05) is 6.61 Å². The van der Waals surface area contributed by atoms with Gasteiger partial charge in [-0.15, -0.1) is 0 Å². The monoisotopic (exact) mass is 368 g/mol. The third-order valence-corrected chi connectivity index (χ3v) is 4.04. The second-order valence-electron chi connectivity index (χ2n) is 5.57. The lowest BCUT2D eigenvalue weighted by Gasteiger charge is -2.06. The Morgan fingerprint density at radius 3 is 2.77 bits per heavy atom. The third kappa shape index (κ3) is 4.18. The van der Waals surface area contributed by atoms with Crippen LogP contribution in [0.1, 0.15) is 6.42 Å². The molecular weight excluding hydrogens is 350 g/mol. The Morgan fingerprint density at radius 2 is 1.96 bits per heavy atom. The number of hydrogen-bond donors (Lipinski definition) is 0. The minimum Gasteiger partial charge on any atom is -0.392 e. The lowest BCUT2D eigenvalue weighted by Crippen LogP contribution is -2.40. The van der Waals surface area contributed by atoms with Crippen LogP contribution in [0.3, 0.4) is 0 Å². The fraction of sp³-hybridized carbons (Fsp3) is 0.150. The van der Waals surface area contributed by atoms with Gasteiger partial charge in [0, 0.05) is 24.2 Å². The lowest BCUT2D eigenvalue weighted by atomic mass is 10.1. The summed E-state index contributed by atoms with van der Waals surface area (Å²) >= 11 is 5.41. The van der Waals surface area contributed by atoms with Crippen molar-refractivity contribution in [3.63, 3.8) is 0 Å². The fourth-order valence-corrected chi connectivity index (χ4v) is 2.74. The number of pyridine rings is 1. The van der Waals surface area contributed by atoms with Gasteiger partial charge < -0.3 is 4.84 Å². The second-order valence-corrected chi connectivity index (χ2v) is 5.82. The molecule has 6 heteroatoms. The van der Waals surface area contributed by atoms with Gasteiger partial charge in [-0.3, -0.25) is 0 Å². The van der Waals surface area contributed by atoms with E-state index in [1.54, 1.807) is 22.9 Å². The standard InChI is InChI=1S/C20H19ClN3O2/c21-11-6-15-26-22-12-7-13-23-16-18(17-8-2-1-3-9-17)20(25)24-14-5-4-10-19(23)24/h1-6,8-12,14,16H,7,13,15H2/q+1/b11-6-,22-12?. The number of nitrogens with zero attached hydrogens (tertiary/aromatic N) is 3. The second kappa shape index (κ2) is 8.97. The molecule has 0 spiro atoms. The average molecular weight is 369 g/mol. The number of hydrogen-bond acceptors (Lipinski definition) is 3. The molecule has 2 heterocycles. The van der Waals surface area contributed by atoms with E-state index < -0.39 is 0 Å². The van der Waals surface area contributed by atoms with Gasteiger partial charge in [-0.05, 0) is 17.7 Å². The van der Waals surface area contributed by atoms with Gasteiger partial charge in [0.2, 0.25) is 0 Å². The number of benzene rings is 1. The van der Waals surface area contributed by atoms with Crippen LogP contribution in [-0.2, 0) is 11.4 Å². The van der Waals surface area contributed by atoms with Crippen molar-refractivity contribution in [1.82, 2.24) is 4.40 Å². The Bertz CT molecular complexity index is 981. The van der Waals surface area contributed by atoms with Crippen molar-refractivity contribution >= 4 is 23.5 Å². The predicted octanol–water partition coefficient (Wildman–Crippen LogP) is 3.40. The normalized spacial score (nSPS) is 11.6. The first-order valence-corrected chi connectivity index (χ1v) is 8.73. The highest BCUT2D eigenvalue weighted by Crippen LogP contribution is 2.13. The Hall–Kier alpha value is -2.92. The number of aryl methyl sites for hydroxylation is 1. The van der Waals surface area contributed by atoms with Crippen LogP contribution in [0.4, 0.5) is 0 Å². The minimum atomic E-state index is -0.0343. The highest BCUT2D eigenvalue weighted by Gasteiger charge is 2.16. The number of fused-ring (bicyclic) bond motifs is 1. The third-order valence-electron chi connectivity index (χ3n) is 3.86. The highest BCUT2D eigenvalue weighted by molar-refractivity contribution is 6.25. The van der Waals surface area contributed by atoms with E-state index in [1.807, 2.05) is 54.7 Å². The summed E-state index contributed by atoms with van der Waals surface area (Å²) in [6.07, 6.45) is 7.74. The zero-order valence-corrected chi connectivity index (χ0v) is 14.9. The SMILES string of the molecule is O=c1c(-c2ccccc2)c[n+](CCC=NOC/C=C\Cl)c2ccccn12. The first kappa shape index (κ1) is 17.9. The Morgan fingerprint density at radius 1 is 1.15 bits per heavy atom. The van der Waals surface area contributed by atoms with Crippen molar-refractivity contribution in [1.29, 1.82) is 0 Å². The maximum Gasteiger partial charge on any atom is 0.350 e. The Labute approximate surface area is 156 Å². The van der Waals surface area contributed by atoms with Crippen molar-refractivity contribution in [2.24, 2.45) is 5.16 Å². The largest absolute Gasteiger partial charge is 0.392 e. The van der Waals surface area contributed by atoms with Gasteiger partial charge in [-0.1, -0.05) is 53.2 Å². The molecule has 0 N–H and O–H groups in total. The molecule has 3 rings (SSSR count). The molecule has 0 unspecified atom stereocenters. The molecule has 1 aromatic carbocycles. The molecule has 3 aromatic rings. The van der Waals surface area contributed by atoms with E-state index in [9.17, 15) is 4.79 Å². The molecule has 0 saturated carbocycles. The van der Waals surface area contributed by atoms with Gasteiger partial charge in [0.25, 0.3) is 5.65 Å². The van der Waals surface area contributed by atoms with Crippen LogP contribution in [0.5, 0.6) is 0 Å². The number of rotatable bonds is 7. The zero-order chi connectivity index (χ0) is 18.2. The predicted molar refractivity (Wildman–Crippen MR) is 103 cm³/mol. The summed E-state index contributed by atoms with van der Waals surface area (Å²) in [5, 5.41) is 3.89. The molecule has 0 aliphatic heterocycles. The van der Waals surface area contributed by atoms with Gasteiger partial charge in [0.05, 0.1) is 12.7 Å². The molecule has 132 valence electrons. The van der Waals surface area contributed by atoms with Crippen LogP contribution < -0.4 is 10.1 Å². The van der Waals surface area contributed by atoms with Crippen LogP contribution in [0, 0.1) is 0 Å². The zero-order valence-electron chi connectivity index (χ0n) is 14.2. The maximum atomic E-state index is 12.8. The van der Waals surface area contributed by atoms with Crippen LogP contribution in [-0.4, -0.2) is 17.2 Å². The first-order valence-electron chi connectivity index (χ1n) is 8.29. The molecule has 0 radical (unpaired) electrons. The number of aromatic nitrogens is 2. The van der Waals surface area contributed by atoms with Crippen molar-refractivity contribution in [3.05, 3.63) is 82.9 Å². The molecule has 2 aromatic heterocycles. The molecule has 0 aliphatic carbocycles. The summed E-state index contributed by atoms with van der Waals surface area (Å²) < 4.78 is 3.72. The van der Waals surface area contributed by atoms with Crippen LogP contribution in [0.2, 0.25) is 0 Å². The van der Waals surface area contributed by atoms with E-state index in [-0.39, 0.29) is 5.56 Å². The summed E-state index contributed by atoms with van der Waals surface area (Å²) in [6, 6.07) is 15.4. The average Bonchev–Trinajstić information content (AvgIpc) is 2.69. The molecule has 5 nitrogen and oxygen atoms in total. The molecule has 0 bridgehead atoms. The van der Waals surface area contributed by atoms with Crippen molar-refractivity contribution in [3.8, 4) is 11.1 Å². The van der Waals surface area contributed by atoms with Crippen LogP contribution in [0.25, 0.3) is 16.8 Å². The quantitative estimate of drug-likeness (QED) is 0.278. The van der Waals surface area contributed by atoms with E-state index in [0.29, 0.717) is 25.1 Å². The Balaban J connectivity index is 1.89.